The number of hydrogen-bond acceptors (Lipinski definition) is 4. The molecule has 0 saturated carbocycles. The van der Waals surface area contributed by atoms with Crippen molar-refractivity contribution in [3.63, 3.8) is 0 Å². The third-order valence-electron chi connectivity index (χ3n) is 5.21. The first-order valence-electron chi connectivity index (χ1n) is 8.99. The zero-order chi connectivity index (χ0) is 18.0. The molecule has 25 heavy (non-hydrogen) atoms. The zero-order valence-electron chi connectivity index (χ0n) is 15.2. The molecular weight excluding hydrogens is 318 g/mol. The van der Waals surface area contributed by atoms with Gasteiger partial charge in [-0.3, -0.25) is 19.4 Å². The average molecular weight is 345 g/mol. The third-order valence-corrected chi connectivity index (χ3v) is 5.21. The Hall–Kier alpha value is -2.15. The van der Waals surface area contributed by atoms with Crippen LogP contribution in [0.2, 0.25) is 0 Å². The second-order valence-corrected chi connectivity index (χ2v) is 7.00. The number of nitrogens with zero attached hydrogens (tertiary/aromatic N) is 2. The number of aromatic amines is 1. The molecule has 3 N–H and O–H groups in total. The van der Waals surface area contributed by atoms with Crippen molar-refractivity contribution in [3.05, 3.63) is 27.2 Å². The van der Waals surface area contributed by atoms with E-state index in [-0.39, 0.29) is 11.5 Å². The molecule has 7 nitrogen and oxygen atoms in total. The second kappa shape index (κ2) is 7.39. The van der Waals surface area contributed by atoms with Crippen molar-refractivity contribution in [1.29, 1.82) is 0 Å². The summed E-state index contributed by atoms with van der Waals surface area (Å²) >= 11 is 0. The summed E-state index contributed by atoms with van der Waals surface area (Å²) in [4.78, 5) is 28.8. The van der Waals surface area contributed by atoms with Crippen molar-refractivity contribution in [2.75, 3.05) is 19.6 Å². The van der Waals surface area contributed by atoms with Gasteiger partial charge in [0.05, 0.1) is 5.39 Å². The molecule has 3 heterocycles. The maximum Gasteiger partial charge on any atom is 0.273 e. The first-order valence-corrected chi connectivity index (χ1v) is 8.99. The number of carbonyl (C=O) groups is 1. The van der Waals surface area contributed by atoms with E-state index in [2.05, 4.69) is 20.7 Å². The van der Waals surface area contributed by atoms with Crippen LogP contribution in [-0.2, 0) is 18.3 Å². The molecule has 0 aliphatic carbocycles. The Morgan fingerprint density at radius 2 is 2.20 bits per heavy atom. The number of rotatable bonds is 6. The Balaban J connectivity index is 1.61. The van der Waals surface area contributed by atoms with Crippen LogP contribution in [-0.4, -0.2) is 40.3 Å². The zero-order valence-corrected chi connectivity index (χ0v) is 15.2. The molecule has 7 heteroatoms. The molecule has 2 aromatic heterocycles. The van der Waals surface area contributed by atoms with Gasteiger partial charge in [-0.1, -0.05) is 0 Å². The number of pyridine rings is 1. The van der Waals surface area contributed by atoms with E-state index in [1.54, 1.807) is 11.7 Å². The van der Waals surface area contributed by atoms with Gasteiger partial charge in [0.2, 0.25) is 5.91 Å². The fourth-order valence-corrected chi connectivity index (χ4v) is 3.72. The number of amides is 1. The van der Waals surface area contributed by atoms with Gasteiger partial charge in [0, 0.05) is 25.7 Å². The lowest BCUT2D eigenvalue weighted by molar-refractivity contribution is -0.121. The van der Waals surface area contributed by atoms with Crippen molar-refractivity contribution >= 4 is 16.9 Å². The Bertz CT molecular complexity index is 830. The smallest absolute Gasteiger partial charge is 0.273 e. The van der Waals surface area contributed by atoms with E-state index >= 15 is 0 Å². The summed E-state index contributed by atoms with van der Waals surface area (Å²) in [6, 6.07) is 0. The van der Waals surface area contributed by atoms with Crippen LogP contribution in [0.1, 0.15) is 36.1 Å². The molecule has 1 aliphatic rings. The fourth-order valence-electron chi connectivity index (χ4n) is 3.72. The Labute approximate surface area is 147 Å². The third kappa shape index (κ3) is 3.76. The van der Waals surface area contributed by atoms with E-state index in [4.69, 9.17) is 0 Å². The lowest BCUT2D eigenvalue weighted by Crippen LogP contribution is -2.26. The maximum atomic E-state index is 12.1. The highest BCUT2D eigenvalue weighted by Crippen LogP contribution is 2.21. The van der Waals surface area contributed by atoms with Gasteiger partial charge in [-0.2, -0.15) is 0 Å². The van der Waals surface area contributed by atoms with Gasteiger partial charge in [-0.15, -0.1) is 0 Å². The number of aryl methyl sites for hydroxylation is 3. The van der Waals surface area contributed by atoms with Gasteiger partial charge in [-0.05, 0) is 63.2 Å². The Morgan fingerprint density at radius 3 is 2.92 bits per heavy atom. The van der Waals surface area contributed by atoms with E-state index in [9.17, 15) is 9.59 Å². The fraction of sp³-hybridized carbons (Fsp3) is 0.611. The van der Waals surface area contributed by atoms with E-state index < -0.39 is 0 Å². The molecule has 0 radical (unpaired) electrons. The number of carbonyl (C=O) groups excluding carboxylic acids is 1. The molecule has 1 aliphatic heterocycles. The molecule has 136 valence electrons. The van der Waals surface area contributed by atoms with Crippen LogP contribution in [0.3, 0.4) is 0 Å². The van der Waals surface area contributed by atoms with Crippen LogP contribution in [0.15, 0.2) is 4.79 Å². The molecule has 3 rings (SSSR count). The van der Waals surface area contributed by atoms with E-state index in [1.807, 2.05) is 13.8 Å². The Kier molecular flexibility index (Phi) is 5.22. The minimum Gasteiger partial charge on any atom is -0.356 e. The summed E-state index contributed by atoms with van der Waals surface area (Å²) < 4.78 is 1.64. The highest BCUT2D eigenvalue weighted by atomic mass is 16.1. The molecule has 1 saturated heterocycles. The highest BCUT2D eigenvalue weighted by Gasteiger charge is 2.17. The van der Waals surface area contributed by atoms with Gasteiger partial charge in [0.1, 0.15) is 0 Å². The van der Waals surface area contributed by atoms with E-state index in [0.29, 0.717) is 29.8 Å². The van der Waals surface area contributed by atoms with Crippen LogP contribution >= 0.6 is 0 Å². The van der Waals surface area contributed by atoms with Gasteiger partial charge in [0.15, 0.2) is 5.65 Å². The lowest BCUT2D eigenvalue weighted by Gasteiger charge is -2.12. The predicted molar refractivity (Wildman–Crippen MR) is 97.7 cm³/mol. The molecule has 0 spiro atoms. The van der Waals surface area contributed by atoms with E-state index in [1.165, 1.54) is 6.42 Å². The van der Waals surface area contributed by atoms with Gasteiger partial charge in [0.25, 0.3) is 5.56 Å². The number of aromatic nitrogens is 3. The van der Waals surface area contributed by atoms with Crippen LogP contribution in [0.5, 0.6) is 0 Å². The van der Waals surface area contributed by atoms with Crippen molar-refractivity contribution in [2.24, 2.45) is 13.0 Å². The normalized spacial score (nSPS) is 17.3. The standard InChI is InChI=1S/C18H27N5O2/c1-11-14(12(2)21-17-16(11)18(25)22-23(17)3)4-5-15(24)20-9-7-13-6-8-19-10-13/h13,19H,4-10H2,1-3H3,(H,20,24)(H,22,25). The predicted octanol–water partition coefficient (Wildman–Crippen LogP) is 0.927. The summed E-state index contributed by atoms with van der Waals surface area (Å²) in [5.74, 6) is 0.744. The summed E-state index contributed by atoms with van der Waals surface area (Å²) in [5.41, 5.74) is 3.34. The van der Waals surface area contributed by atoms with Crippen molar-refractivity contribution in [1.82, 2.24) is 25.4 Å². The molecule has 0 aromatic carbocycles. The molecule has 1 amide bonds. The minimum absolute atomic E-state index is 0.0619. The van der Waals surface area contributed by atoms with E-state index in [0.717, 1.165) is 42.9 Å². The Morgan fingerprint density at radius 1 is 1.40 bits per heavy atom. The van der Waals surface area contributed by atoms with Crippen molar-refractivity contribution in [2.45, 2.75) is 39.5 Å². The highest BCUT2D eigenvalue weighted by molar-refractivity contribution is 5.81. The maximum absolute atomic E-state index is 12.1. The summed E-state index contributed by atoms with van der Waals surface area (Å²) in [6.07, 6.45) is 3.25. The first kappa shape index (κ1) is 17.7. The number of fused-ring (bicyclic) bond motifs is 1. The first-order chi connectivity index (χ1) is 12.0. The van der Waals surface area contributed by atoms with Crippen LogP contribution in [0.4, 0.5) is 0 Å². The monoisotopic (exact) mass is 345 g/mol. The van der Waals surface area contributed by atoms with Crippen LogP contribution < -0.4 is 16.2 Å². The second-order valence-electron chi connectivity index (χ2n) is 7.00. The van der Waals surface area contributed by atoms with Crippen LogP contribution in [0, 0.1) is 19.8 Å². The summed E-state index contributed by atoms with van der Waals surface area (Å²) in [7, 11) is 1.78. The summed E-state index contributed by atoms with van der Waals surface area (Å²) in [6.45, 7) is 6.76. The molecule has 1 atom stereocenters. The number of nitrogens with one attached hydrogen (secondary N) is 3. The minimum atomic E-state index is -0.127. The molecule has 1 unspecified atom stereocenters. The topological polar surface area (TPSA) is 91.8 Å². The molecule has 0 bridgehead atoms. The molecule has 1 fully saturated rings. The number of H-pyrrole nitrogens is 1. The average Bonchev–Trinajstić information content (AvgIpc) is 3.16. The quantitative estimate of drug-likeness (QED) is 0.726. The van der Waals surface area contributed by atoms with Gasteiger partial charge >= 0.3 is 0 Å². The molecular formula is C18H27N5O2. The van der Waals surface area contributed by atoms with Crippen molar-refractivity contribution in [3.8, 4) is 0 Å². The SMILES string of the molecule is Cc1nc2c(c(C)c1CCC(=O)NCCC1CCNC1)c(=O)[nH]n2C. The lowest BCUT2D eigenvalue weighted by atomic mass is 10.00. The van der Waals surface area contributed by atoms with Crippen LogP contribution in [0.25, 0.3) is 11.0 Å². The van der Waals surface area contributed by atoms with Gasteiger partial charge < -0.3 is 10.6 Å². The van der Waals surface area contributed by atoms with Crippen molar-refractivity contribution < 1.29 is 4.79 Å². The largest absolute Gasteiger partial charge is 0.356 e. The summed E-state index contributed by atoms with van der Waals surface area (Å²) in [5, 5.41) is 9.72. The number of hydrogen-bond donors (Lipinski definition) is 3. The van der Waals surface area contributed by atoms with Gasteiger partial charge in [-0.25, -0.2) is 4.98 Å². The molecule has 2 aromatic rings.